The normalized spacial score (nSPS) is 20.5. The van der Waals surface area contributed by atoms with Crippen molar-refractivity contribution >= 4 is 11.8 Å². The van der Waals surface area contributed by atoms with Crippen molar-refractivity contribution in [3.63, 3.8) is 0 Å². The summed E-state index contributed by atoms with van der Waals surface area (Å²) in [6.45, 7) is 0. The molecule has 0 aliphatic carbocycles. The lowest BCUT2D eigenvalue weighted by molar-refractivity contribution is 0.678. The molecule has 0 saturated heterocycles. The molecule has 2 rings (SSSR count). The standard InChI is InChI=1S/C10H10N2S/c11-6-7-2-1-3-9-10(7)8(12)4-5-13-9/h1-3,8H,4-5,12H2. The summed E-state index contributed by atoms with van der Waals surface area (Å²) in [5.41, 5.74) is 7.73. The van der Waals surface area contributed by atoms with Gasteiger partial charge in [-0.2, -0.15) is 5.26 Å². The average Bonchev–Trinajstić information content (AvgIpc) is 2.17. The van der Waals surface area contributed by atoms with Crippen LogP contribution in [0.5, 0.6) is 0 Å². The summed E-state index contributed by atoms with van der Waals surface area (Å²) in [4.78, 5) is 1.18. The highest BCUT2D eigenvalue weighted by Crippen LogP contribution is 2.36. The molecule has 0 fully saturated rings. The summed E-state index contributed by atoms with van der Waals surface area (Å²) in [5.74, 6) is 1.06. The third kappa shape index (κ3) is 1.43. The van der Waals surface area contributed by atoms with Gasteiger partial charge in [-0.1, -0.05) is 6.07 Å². The van der Waals surface area contributed by atoms with E-state index in [2.05, 4.69) is 6.07 Å². The third-order valence-electron chi connectivity index (χ3n) is 2.24. The molecule has 0 saturated carbocycles. The molecule has 1 aromatic carbocycles. The number of hydrogen-bond acceptors (Lipinski definition) is 3. The van der Waals surface area contributed by atoms with Crippen LogP contribution in [0.2, 0.25) is 0 Å². The Bertz CT molecular complexity index is 368. The summed E-state index contributed by atoms with van der Waals surface area (Å²) in [5, 5.41) is 8.90. The van der Waals surface area contributed by atoms with Gasteiger partial charge in [0.1, 0.15) is 0 Å². The highest BCUT2D eigenvalue weighted by molar-refractivity contribution is 7.99. The van der Waals surface area contributed by atoms with E-state index in [4.69, 9.17) is 11.0 Å². The zero-order valence-corrected chi connectivity index (χ0v) is 7.97. The van der Waals surface area contributed by atoms with E-state index in [-0.39, 0.29) is 6.04 Å². The lowest BCUT2D eigenvalue weighted by Crippen LogP contribution is -2.17. The van der Waals surface area contributed by atoms with Crippen molar-refractivity contribution in [2.45, 2.75) is 17.4 Å². The Labute approximate surface area is 81.7 Å². The molecule has 2 N–H and O–H groups in total. The van der Waals surface area contributed by atoms with Crippen LogP contribution in [0.25, 0.3) is 0 Å². The molecule has 0 amide bonds. The van der Waals surface area contributed by atoms with Crippen LogP contribution in [0.4, 0.5) is 0 Å². The number of nitrogens with zero attached hydrogens (tertiary/aromatic N) is 1. The predicted octanol–water partition coefficient (Wildman–Crippen LogP) is 2.05. The van der Waals surface area contributed by atoms with Gasteiger partial charge in [0, 0.05) is 16.5 Å². The lowest BCUT2D eigenvalue weighted by atomic mass is 9.99. The van der Waals surface area contributed by atoms with E-state index in [1.165, 1.54) is 4.90 Å². The molecular formula is C10H10N2S. The Morgan fingerprint density at radius 1 is 1.54 bits per heavy atom. The lowest BCUT2D eigenvalue weighted by Gasteiger charge is -2.22. The molecule has 0 radical (unpaired) electrons. The second-order valence-corrected chi connectivity index (χ2v) is 4.21. The zero-order valence-electron chi connectivity index (χ0n) is 7.16. The molecule has 1 heterocycles. The maximum Gasteiger partial charge on any atom is 0.0995 e. The van der Waals surface area contributed by atoms with Crippen LogP contribution >= 0.6 is 11.8 Å². The minimum atomic E-state index is 0.0482. The number of nitrogens with two attached hydrogens (primary N) is 1. The van der Waals surface area contributed by atoms with E-state index >= 15 is 0 Å². The second-order valence-electron chi connectivity index (χ2n) is 3.07. The quantitative estimate of drug-likeness (QED) is 0.681. The Kier molecular flexibility index (Phi) is 2.26. The minimum absolute atomic E-state index is 0.0482. The fraction of sp³-hybridized carbons (Fsp3) is 0.300. The van der Waals surface area contributed by atoms with Gasteiger partial charge in [-0.3, -0.25) is 0 Å². The van der Waals surface area contributed by atoms with Crippen LogP contribution in [0.15, 0.2) is 23.1 Å². The van der Waals surface area contributed by atoms with Crippen molar-refractivity contribution in [3.05, 3.63) is 29.3 Å². The van der Waals surface area contributed by atoms with Crippen LogP contribution in [0.3, 0.4) is 0 Å². The Hall–Kier alpha value is -0.980. The number of benzene rings is 1. The Morgan fingerprint density at radius 2 is 2.38 bits per heavy atom. The maximum atomic E-state index is 8.90. The van der Waals surface area contributed by atoms with E-state index in [1.807, 2.05) is 18.2 Å². The first kappa shape index (κ1) is 8.61. The van der Waals surface area contributed by atoms with Crippen LogP contribution in [0.1, 0.15) is 23.6 Å². The van der Waals surface area contributed by atoms with Gasteiger partial charge in [-0.15, -0.1) is 11.8 Å². The number of nitriles is 1. The summed E-state index contributed by atoms with van der Waals surface area (Å²) >= 11 is 1.79. The van der Waals surface area contributed by atoms with Gasteiger partial charge in [0.25, 0.3) is 0 Å². The number of hydrogen-bond donors (Lipinski definition) is 1. The van der Waals surface area contributed by atoms with E-state index < -0.39 is 0 Å². The van der Waals surface area contributed by atoms with Crippen LogP contribution in [-0.2, 0) is 0 Å². The molecular weight excluding hydrogens is 180 g/mol. The first-order valence-corrected chi connectivity index (χ1v) is 5.23. The van der Waals surface area contributed by atoms with Gasteiger partial charge in [-0.05, 0) is 24.3 Å². The molecule has 0 bridgehead atoms. The molecule has 1 atom stereocenters. The predicted molar refractivity (Wildman–Crippen MR) is 53.4 cm³/mol. The fourth-order valence-electron chi connectivity index (χ4n) is 1.59. The van der Waals surface area contributed by atoms with Crippen LogP contribution in [-0.4, -0.2) is 5.75 Å². The number of thioether (sulfide) groups is 1. The highest BCUT2D eigenvalue weighted by Gasteiger charge is 2.19. The van der Waals surface area contributed by atoms with Gasteiger partial charge in [0.05, 0.1) is 11.6 Å². The maximum absolute atomic E-state index is 8.90. The summed E-state index contributed by atoms with van der Waals surface area (Å²) < 4.78 is 0. The van der Waals surface area contributed by atoms with Gasteiger partial charge in [-0.25, -0.2) is 0 Å². The monoisotopic (exact) mass is 190 g/mol. The smallest absolute Gasteiger partial charge is 0.0995 e. The molecule has 1 aromatic rings. The van der Waals surface area contributed by atoms with E-state index in [0.29, 0.717) is 0 Å². The Balaban J connectivity index is 2.58. The van der Waals surface area contributed by atoms with E-state index in [9.17, 15) is 0 Å². The van der Waals surface area contributed by atoms with Gasteiger partial charge in [0.2, 0.25) is 0 Å². The van der Waals surface area contributed by atoms with Crippen molar-refractivity contribution in [2.24, 2.45) is 5.73 Å². The van der Waals surface area contributed by atoms with E-state index in [1.54, 1.807) is 11.8 Å². The third-order valence-corrected chi connectivity index (χ3v) is 3.35. The fourth-order valence-corrected chi connectivity index (χ4v) is 2.77. The molecule has 1 aliphatic rings. The molecule has 0 aromatic heterocycles. The topological polar surface area (TPSA) is 49.8 Å². The van der Waals surface area contributed by atoms with Gasteiger partial charge in [0.15, 0.2) is 0 Å². The molecule has 1 aliphatic heterocycles. The molecule has 0 spiro atoms. The summed E-state index contributed by atoms with van der Waals surface area (Å²) in [6, 6.07) is 8.04. The zero-order chi connectivity index (χ0) is 9.26. The first-order valence-electron chi connectivity index (χ1n) is 4.24. The number of fused-ring (bicyclic) bond motifs is 1. The molecule has 3 heteroatoms. The number of rotatable bonds is 0. The molecule has 2 nitrogen and oxygen atoms in total. The SMILES string of the molecule is N#Cc1cccc2c1C(N)CCS2. The molecule has 1 unspecified atom stereocenters. The van der Waals surface area contributed by atoms with Crippen molar-refractivity contribution in [2.75, 3.05) is 5.75 Å². The minimum Gasteiger partial charge on any atom is -0.324 e. The summed E-state index contributed by atoms with van der Waals surface area (Å²) in [7, 11) is 0. The Morgan fingerprint density at radius 3 is 3.15 bits per heavy atom. The van der Waals surface area contributed by atoms with E-state index in [0.717, 1.165) is 23.3 Å². The van der Waals surface area contributed by atoms with Crippen molar-refractivity contribution in [1.82, 2.24) is 0 Å². The van der Waals surface area contributed by atoms with Crippen LogP contribution < -0.4 is 5.73 Å². The van der Waals surface area contributed by atoms with Gasteiger partial charge < -0.3 is 5.73 Å². The van der Waals surface area contributed by atoms with Crippen molar-refractivity contribution in [3.8, 4) is 6.07 Å². The highest BCUT2D eigenvalue weighted by atomic mass is 32.2. The summed E-state index contributed by atoms with van der Waals surface area (Å²) in [6.07, 6.45) is 0.969. The van der Waals surface area contributed by atoms with Crippen LogP contribution in [0, 0.1) is 11.3 Å². The average molecular weight is 190 g/mol. The van der Waals surface area contributed by atoms with Gasteiger partial charge >= 0.3 is 0 Å². The molecule has 66 valence electrons. The largest absolute Gasteiger partial charge is 0.324 e. The van der Waals surface area contributed by atoms with Crippen molar-refractivity contribution < 1.29 is 0 Å². The first-order chi connectivity index (χ1) is 6.33. The molecule has 13 heavy (non-hydrogen) atoms. The second kappa shape index (κ2) is 3.41. The van der Waals surface area contributed by atoms with Crippen molar-refractivity contribution in [1.29, 1.82) is 5.26 Å².